The van der Waals surface area contributed by atoms with Gasteiger partial charge in [-0.25, -0.2) is 0 Å². The molecule has 2 aliphatic rings. The average molecular weight is 329 g/mol. The van der Waals surface area contributed by atoms with Gasteiger partial charge in [-0.3, -0.25) is 4.90 Å². The SMILES string of the molecule is CC1CN(C(CN)c2cc(Cl)c3c(c2)OCO3)CC(C)S1. The molecule has 21 heavy (non-hydrogen) atoms. The molecule has 116 valence electrons. The molecule has 0 spiro atoms. The Bertz CT molecular complexity index is 519. The molecule has 0 aromatic heterocycles. The van der Waals surface area contributed by atoms with Gasteiger partial charge in [-0.2, -0.15) is 11.8 Å². The van der Waals surface area contributed by atoms with E-state index in [1.165, 1.54) is 0 Å². The molecule has 0 radical (unpaired) electrons. The number of fused-ring (bicyclic) bond motifs is 1. The van der Waals surface area contributed by atoms with Crippen LogP contribution in [0.15, 0.2) is 12.1 Å². The molecule has 3 atom stereocenters. The van der Waals surface area contributed by atoms with Crippen LogP contribution in [0.25, 0.3) is 0 Å². The van der Waals surface area contributed by atoms with Crippen LogP contribution in [-0.4, -0.2) is 41.8 Å². The maximum atomic E-state index is 6.30. The third kappa shape index (κ3) is 3.11. The summed E-state index contributed by atoms with van der Waals surface area (Å²) in [6, 6.07) is 4.15. The maximum Gasteiger partial charge on any atom is 0.231 e. The van der Waals surface area contributed by atoms with Crippen LogP contribution >= 0.6 is 23.4 Å². The minimum atomic E-state index is 0.169. The lowest BCUT2D eigenvalue weighted by atomic mass is 10.0. The molecule has 0 saturated carbocycles. The van der Waals surface area contributed by atoms with Crippen LogP contribution in [0.2, 0.25) is 5.02 Å². The summed E-state index contributed by atoms with van der Waals surface area (Å²) in [5, 5.41) is 1.84. The summed E-state index contributed by atoms with van der Waals surface area (Å²) >= 11 is 8.34. The quantitative estimate of drug-likeness (QED) is 0.924. The van der Waals surface area contributed by atoms with Crippen molar-refractivity contribution < 1.29 is 9.47 Å². The van der Waals surface area contributed by atoms with Crippen LogP contribution in [0, 0.1) is 0 Å². The van der Waals surface area contributed by atoms with Crippen LogP contribution in [0.4, 0.5) is 0 Å². The Morgan fingerprint density at radius 3 is 2.71 bits per heavy atom. The lowest BCUT2D eigenvalue weighted by molar-refractivity contribution is 0.173. The van der Waals surface area contributed by atoms with E-state index in [2.05, 4.69) is 18.7 Å². The van der Waals surface area contributed by atoms with E-state index in [0.717, 1.165) is 24.4 Å². The second-order valence-electron chi connectivity index (χ2n) is 5.70. The highest BCUT2D eigenvalue weighted by Gasteiger charge is 2.30. The van der Waals surface area contributed by atoms with Gasteiger partial charge in [0, 0.05) is 36.2 Å². The van der Waals surface area contributed by atoms with Crippen molar-refractivity contribution in [2.75, 3.05) is 26.4 Å². The number of halogens is 1. The minimum absolute atomic E-state index is 0.169. The lowest BCUT2D eigenvalue weighted by Gasteiger charge is -2.39. The number of nitrogens with two attached hydrogens (primary N) is 1. The summed E-state index contributed by atoms with van der Waals surface area (Å²) in [4.78, 5) is 2.46. The van der Waals surface area contributed by atoms with Gasteiger partial charge in [0.1, 0.15) is 0 Å². The third-order valence-electron chi connectivity index (χ3n) is 3.95. The molecule has 2 aliphatic heterocycles. The average Bonchev–Trinajstić information content (AvgIpc) is 2.87. The predicted octanol–water partition coefficient (Wildman–Crippen LogP) is 2.89. The first-order valence-electron chi connectivity index (χ1n) is 7.27. The van der Waals surface area contributed by atoms with E-state index in [0.29, 0.717) is 27.8 Å². The second kappa shape index (κ2) is 6.24. The zero-order chi connectivity index (χ0) is 15.0. The Balaban J connectivity index is 1.88. The van der Waals surface area contributed by atoms with E-state index >= 15 is 0 Å². The van der Waals surface area contributed by atoms with Crippen molar-refractivity contribution >= 4 is 23.4 Å². The first-order valence-corrected chi connectivity index (χ1v) is 8.59. The molecular formula is C15H21ClN2O2S. The van der Waals surface area contributed by atoms with Crippen LogP contribution in [-0.2, 0) is 0 Å². The van der Waals surface area contributed by atoms with Gasteiger partial charge < -0.3 is 15.2 Å². The Labute approximate surface area is 134 Å². The predicted molar refractivity (Wildman–Crippen MR) is 87.5 cm³/mol. The number of rotatable bonds is 3. The standard InChI is InChI=1S/C15H21ClN2O2S/c1-9-6-18(7-10(2)21-9)13(5-17)11-3-12(16)15-14(4-11)19-8-20-15/h3-4,9-10,13H,5-8,17H2,1-2H3. The molecule has 1 fully saturated rings. The van der Waals surface area contributed by atoms with Gasteiger partial charge in [0.15, 0.2) is 11.5 Å². The summed E-state index contributed by atoms with van der Waals surface area (Å²) in [5.74, 6) is 1.37. The highest BCUT2D eigenvalue weighted by atomic mass is 35.5. The summed E-state index contributed by atoms with van der Waals surface area (Å²) in [6.07, 6.45) is 0. The first-order chi connectivity index (χ1) is 10.1. The van der Waals surface area contributed by atoms with E-state index in [1.54, 1.807) is 0 Å². The lowest BCUT2D eigenvalue weighted by Crippen LogP contribution is -2.44. The number of hydrogen-bond acceptors (Lipinski definition) is 5. The van der Waals surface area contributed by atoms with Gasteiger partial charge in [-0.1, -0.05) is 25.4 Å². The van der Waals surface area contributed by atoms with E-state index in [4.69, 9.17) is 26.8 Å². The van der Waals surface area contributed by atoms with E-state index in [9.17, 15) is 0 Å². The molecule has 2 N–H and O–H groups in total. The molecule has 2 heterocycles. The van der Waals surface area contributed by atoms with Crippen molar-refractivity contribution in [1.29, 1.82) is 0 Å². The Kier molecular flexibility index (Phi) is 4.54. The fraction of sp³-hybridized carbons (Fsp3) is 0.600. The maximum absolute atomic E-state index is 6.30. The molecule has 1 saturated heterocycles. The molecule has 0 aliphatic carbocycles. The number of thioether (sulfide) groups is 1. The van der Waals surface area contributed by atoms with Gasteiger partial charge in [0.2, 0.25) is 6.79 Å². The van der Waals surface area contributed by atoms with Crippen molar-refractivity contribution in [1.82, 2.24) is 4.90 Å². The van der Waals surface area contributed by atoms with Gasteiger partial charge in [0.05, 0.1) is 5.02 Å². The molecule has 6 heteroatoms. The number of ether oxygens (including phenoxy) is 2. The number of benzene rings is 1. The van der Waals surface area contributed by atoms with Crippen molar-refractivity contribution in [3.63, 3.8) is 0 Å². The van der Waals surface area contributed by atoms with Gasteiger partial charge in [-0.15, -0.1) is 0 Å². The van der Waals surface area contributed by atoms with Crippen molar-refractivity contribution in [2.45, 2.75) is 30.4 Å². The number of hydrogen-bond donors (Lipinski definition) is 1. The summed E-state index contributed by atoms with van der Waals surface area (Å²) in [5.41, 5.74) is 7.17. The number of nitrogens with zero attached hydrogens (tertiary/aromatic N) is 1. The fourth-order valence-corrected chi connectivity index (χ4v) is 4.77. The molecule has 1 aromatic carbocycles. The minimum Gasteiger partial charge on any atom is -0.454 e. The first kappa shape index (κ1) is 15.3. The van der Waals surface area contributed by atoms with Gasteiger partial charge in [-0.05, 0) is 17.7 Å². The van der Waals surface area contributed by atoms with E-state index < -0.39 is 0 Å². The highest BCUT2D eigenvalue weighted by Crippen LogP contribution is 2.42. The van der Waals surface area contributed by atoms with Crippen LogP contribution in [0.5, 0.6) is 11.5 Å². The molecular weight excluding hydrogens is 308 g/mol. The molecule has 1 aromatic rings. The zero-order valence-electron chi connectivity index (χ0n) is 12.3. The molecule has 4 nitrogen and oxygen atoms in total. The van der Waals surface area contributed by atoms with Crippen molar-refractivity contribution in [3.8, 4) is 11.5 Å². The van der Waals surface area contributed by atoms with Crippen LogP contribution in [0.3, 0.4) is 0 Å². The summed E-state index contributed by atoms with van der Waals surface area (Å²) < 4.78 is 10.8. The molecule has 0 amide bonds. The molecule has 0 bridgehead atoms. The van der Waals surface area contributed by atoms with E-state index in [1.807, 2.05) is 23.9 Å². The monoisotopic (exact) mass is 328 g/mol. The second-order valence-corrected chi connectivity index (χ2v) is 7.99. The van der Waals surface area contributed by atoms with Gasteiger partial charge in [0.25, 0.3) is 0 Å². The van der Waals surface area contributed by atoms with Crippen LogP contribution < -0.4 is 15.2 Å². The normalized spacial score (nSPS) is 26.9. The third-order valence-corrected chi connectivity index (χ3v) is 5.45. The smallest absolute Gasteiger partial charge is 0.231 e. The van der Waals surface area contributed by atoms with E-state index in [-0.39, 0.29) is 12.8 Å². The zero-order valence-corrected chi connectivity index (χ0v) is 13.9. The van der Waals surface area contributed by atoms with Crippen molar-refractivity contribution in [2.24, 2.45) is 5.73 Å². The largest absolute Gasteiger partial charge is 0.454 e. The van der Waals surface area contributed by atoms with Gasteiger partial charge >= 0.3 is 0 Å². The molecule has 3 rings (SSSR count). The van der Waals surface area contributed by atoms with Crippen LogP contribution in [0.1, 0.15) is 25.5 Å². The Morgan fingerprint density at radius 1 is 1.33 bits per heavy atom. The Hall–Kier alpha value is -0.620. The summed E-state index contributed by atoms with van der Waals surface area (Å²) in [7, 11) is 0. The summed E-state index contributed by atoms with van der Waals surface area (Å²) in [6.45, 7) is 7.44. The molecule has 3 unspecified atom stereocenters. The topological polar surface area (TPSA) is 47.7 Å². The van der Waals surface area contributed by atoms with Crippen molar-refractivity contribution in [3.05, 3.63) is 22.7 Å². The fourth-order valence-electron chi connectivity index (χ4n) is 3.15. The highest BCUT2D eigenvalue weighted by molar-refractivity contribution is 8.00. The Morgan fingerprint density at radius 2 is 2.05 bits per heavy atom.